The van der Waals surface area contributed by atoms with Crippen LogP contribution in [0.25, 0.3) is 0 Å². The molecule has 4 heterocycles. The van der Waals surface area contributed by atoms with E-state index in [1.807, 2.05) is 0 Å². The van der Waals surface area contributed by atoms with Crippen molar-refractivity contribution in [3.05, 3.63) is 27.9 Å². The predicted octanol–water partition coefficient (Wildman–Crippen LogP) is 1.02. The molecule has 4 rings (SSSR count). The summed E-state index contributed by atoms with van der Waals surface area (Å²) in [6, 6.07) is -0.938. The predicted molar refractivity (Wildman–Crippen MR) is 147 cm³/mol. The number of nitrogens with one attached hydrogen (secondary N) is 1. The van der Waals surface area contributed by atoms with Crippen LogP contribution >= 0.6 is 71.0 Å². The molecule has 3 atom stereocenters. The highest BCUT2D eigenvalue weighted by Crippen LogP contribution is 2.41. The van der Waals surface area contributed by atoms with Crippen molar-refractivity contribution in [2.45, 2.75) is 28.8 Å². The molecule has 2 aromatic heterocycles. The molecule has 37 heavy (non-hydrogen) atoms. The molecule has 6 N–H and O–H groups in total. The summed E-state index contributed by atoms with van der Waals surface area (Å²) >= 11 is 5.19. The molecule has 1 fully saturated rings. The fourth-order valence-electron chi connectivity index (χ4n) is 3.17. The minimum absolute atomic E-state index is 0. The van der Waals surface area contributed by atoms with Gasteiger partial charge in [0.15, 0.2) is 15.2 Å². The summed E-state index contributed by atoms with van der Waals surface area (Å²) < 4.78 is 0.704. The quantitative estimate of drug-likeness (QED) is 0.126. The first-order valence-electron chi connectivity index (χ1n) is 10.0. The number of fused-ring (bicyclic) bond motifs is 1. The average molecular weight is 630 g/mol. The second kappa shape index (κ2) is 13.6. The van der Waals surface area contributed by atoms with E-state index in [9.17, 15) is 19.5 Å². The molecule has 0 radical (unpaired) electrons. The van der Waals surface area contributed by atoms with Gasteiger partial charge in [-0.3, -0.25) is 14.5 Å². The molecule has 0 saturated carbocycles. The lowest BCUT2D eigenvalue weighted by molar-refractivity contribution is -0.150. The van der Waals surface area contributed by atoms with E-state index in [1.54, 1.807) is 17.8 Å². The maximum atomic E-state index is 13.0. The zero-order chi connectivity index (χ0) is 25.1. The van der Waals surface area contributed by atoms with Gasteiger partial charge < -0.3 is 26.7 Å². The summed E-state index contributed by atoms with van der Waals surface area (Å²) in [4.78, 5) is 48.5. The lowest BCUT2D eigenvalue weighted by Gasteiger charge is -2.49. The molecule has 19 heteroatoms. The highest BCUT2D eigenvalue weighted by molar-refractivity contribution is 8.01. The number of rotatable bonds is 10. The van der Waals surface area contributed by atoms with Gasteiger partial charge in [0.2, 0.25) is 0 Å². The van der Waals surface area contributed by atoms with Gasteiger partial charge in [0.1, 0.15) is 34.4 Å². The van der Waals surface area contributed by atoms with Crippen LogP contribution in [0.4, 0.5) is 5.13 Å². The number of nitrogens with two attached hydrogens (primary N) is 2. The van der Waals surface area contributed by atoms with Crippen LogP contribution in [0.1, 0.15) is 12.6 Å². The van der Waals surface area contributed by atoms with Crippen molar-refractivity contribution in [2.75, 3.05) is 23.8 Å². The smallest absolute Gasteiger partial charge is 0.352 e. The van der Waals surface area contributed by atoms with E-state index in [2.05, 4.69) is 25.7 Å². The maximum absolute atomic E-state index is 13.0. The summed E-state index contributed by atoms with van der Waals surface area (Å²) in [5.41, 5.74) is 13.4. The second-order valence-electron chi connectivity index (χ2n) is 7.27. The van der Waals surface area contributed by atoms with Gasteiger partial charge in [0, 0.05) is 23.4 Å². The van der Waals surface area contributed by atoms with Crippen molar-refractivity contribution in [3.63, 3.8) is 0 Å². The normalized spacial score (nSPS) is 19.7. The number of hydrogen-bond acceptors (Lipinski definition) is 14. The number of carboxylic acid groups (broad SMARTS) is 1. The molecule has 0 aliphatic carbocycles. The molecule has 2 aliphatic rings. The topological polar surface area (TPSA) is 199 Å². The summed E-state index contributed by atoms with van der Waals surface area (Å²) in [7, 11) is 0. The Morgan fingerprint density at radius 2 is 2.16 bits per heavy atom. The molecule has 202 valence electrons. The first-order valence-corrected chi connectivity index (χ1v) is 13.8. The number of carbonyl (C=O) groups is 3. The van der Waals surface area contributed by atoms with Gasteiger partial charge >= 0.3 is 5.97 Å². The van der Waals surface area contributed by atoms with Crippen LogP contribution in [0, 0.1) is 0 Å². The van der Waals surface area contributed by atoms with Crippen molar-refractivity contribution in [1.29, 1.82) is 0 Å². The molecule has 1 saturated heterocycles. The van der Waals surface area contributed by atoms with E-state index in [1.165, 1.54) is 39.8 Å². The first kappa shape index (κ1) is 31.1. The van der Waals surface area contributed by atoms with Crippen LogP contribution in [-0.2, 0) is 19.2 Å². The van der Waals surface area contributed by atoms with E-state index in [4.69, 9.17) is 16.3 Å². The number of amides is 2. The van der Waals surface area contributed by atoms with Crippen molar-refractivity contribution < 1.29 is 24.3 Å². The minimum atomic E-state index is -1.20. The fraction of sp³-hybridized carbons (Fsp3) is 0.389. The van der Waals surface area contributed by atoms with Gasteiger partial charge in [-0.25, -0.2) is 9.78 Å². The number of aliphatic carboxylic acids is 1. The minimum Gasteiger partial charge on any atom is -0.477 e. The van der Waals surface area contributed by atoms with E-state index in [0.717, 1.165) is 11.3 Å². The maximum Gasteiger partial charge on any atom is 0.352 e. The van der Waals surface area contributed by atoms with Crippen LogP contribution in [0.15, 0.2) is 31.7 Å². The van der Waals surface area contributed by atoms with Gasteiger partial charge in [-0.1, -0.05) is 28.3 Å². The zero-order valence-corrected chi connectivity index (χ0v) is 23.8. The number of thiazole rings is 1. The van der Waals surface area contributed by atoms with Crippen molar-refractivity contribution in [2.24, 2.45) is 10.9 Å². The van der Waals surface area contributed by atoms with Crippen LogP contribution in [-0.4, -0.2) is 84.3 Å². The van der Waals surface area contributed by atoms with E-state index in [0.29, 0.717) is 21.4 Å². The highest BCUT2D eigenvalue weighted by atomic mass is 35.5. The number of nitrogen functional groups attached to an aromatic ring is 1. The second-order valence-corrected chi connectivity index (χ2v) is 11.3. The molecule has 2 aromatic rings. The molecule has 0 aromatic carbocycles. The Kier molecular flexibility index (Phi) is 11.4. The molecule has 0 spiro atoms. The molecule has 0 bridgehead atoms. The van der Waals surface area contributed by atoms with Crippen molar-refractivity contribution >= 4 is 99.6 Å². The molecule has 13 nitrogen and oxygen atoms in total. The van der Waals surface area contributed by atoms with E-state index in [-0.39, 0.29) is 53.6 Å². The van der Waals surface area contributed by atoms with Gasteiger partial charge in [0.25, 0.3) is 11.8 Å². The Morgan fingerprint density at radius 1 is 1.41 bits per heavy atom. The summed E-state index contributed by atoms with van der Waals surface area (Å²) in [5, 5.41) is 25.2. The van der Waals surface area contributed by atoms with Crippen LogP contribution in [0.2, 0.25) is 0 Å². The third-order valence-electron chi connectivity index (χ3n) is 4.88. The average Bonchev–Trinajstić information content (AvgIpc) is 3.52. The third kappa shape index (κ3) is 6.84. The van der Waals surface area contributed by atoms with Crippen LogP contribution in [0.3, 0.4) is 0 Å². The number of β-lactam (4-membered cyclic amide) rings is 1. The highest BCUT2D eigenvalue weighted by Gasteiger charge is 2.54. The number of carbonyl (C=O) groups excluding carboxylic acids is 2. The first-order chi connectivity index (χ1) is 16.8. The lowest BCUT2D eigenvalue weighted by atomic mass is 10.0. The van der Waals surface area contributed by atoms with E-state index < -0.39 is 35.3 Å². The Labute approximate surface area is 239 Å². The number of carboxylic acids is 1. The zero-order valence-electron chi connectivity index (χ0n) is 18.9. The van der Waals surface area contributed by atoms with Crippen molar-refractivity contribution in [1.82, 2.24) is 25.4 Å². The Morgan fingerprint density at radius 3 is 2.76 bits per heavy atom. The Balaban J connectivity index is 0.00000241. The standard InChI is InChI=1S/C18H20N8O5S4.2ClH/c1-7(2-19)31-25-10(9-5-33-17(20)22-9)13(27)23-11-14(28)26-12(16(29)30)8(3-32-15(11)26)4-34-18-24-21-6-35-18;;/h5-7,11,15H,2-4,19H2,1H3,(H2,20,22)(H,23,27)(H,29,30);2*1H/b25-10+;;/t7?,11?,15-;;/m1../s1. The number of oxime groups is 1. The number of thioether (sulfide) groups is 2. The largest absolute Gasteiger partial charge is 0.477 e. The number of aromatic nitrogens is 3. The molecule has 2 unspecified atom stereocenters. The Bertz CT molecular complexity index is 1190. The van der Waals surface area contributed by atoms with Crippen LogP contribution < -0.4 is 16.8 Å². The van der Waals surface area contributed by atoms with Gasteiger partial charge in [-0.2, -0.15) is 0 Å². The molecular weight excluding hydrogens is 607 g/mol. The lowest BCUT2D eigenvalue weighted by Crippen LogP contribution is -2.71. The van der Waals surface area contributed by atoms with Crippen LogP contribution in [0.5, 0.6) is 0 Å². The number of halogens is 2. The fourth-order valence-corrected chi connectivity index (χ4v) is 6.69. The van der Waals surface area contributed by atoms with Crippen molar-refractivity contribution in [3.8, 4) is 0 Å². The number of nitrogens with zero attached hydrogens (tertiary/aromatic N) is 5. The SMILES string of the molecule is CC(CN)O/N=C(/C(=O)NC1C(=O)N2C(C(=O)O)=C(CSc3nncs3)CS[C@H]12)c1csc(N)n1.Cl.Cl. The number of anilines is 1. The molecular formula is C18H22Cl2N8O5S4. The number of hydrogen-bond donors (Lipinski definition) is 4. The van der Waals surface area contributed by atoms with Gasteiger partial charge in [-0.15, -0.1) is 58.1 Å². The Hall–Kier alpha value is -2.15. The monoisotopic (exact) mass is 628 g/mol. The van der Waals surface area contributed by atoms with Gasteiger partial charge in [-0.05, 0) is 12.5 Å². The molecule has 2 amide bonds. The molecule has 2 aliphatic heterocycles. The summed E-state index contributed by atoms with van der Waals surface area (Å²) in [6.07, 6.45) is -0.455. The summed E-state index contributed by atoms with van der Waals surface area (Å²) in [5.74, 6) is -1.69. The van der Waals surface area contributed by atoms with Gasteiger partial charge in [0.05, 0.1) is 0 Å². The third-order valence-corrected chi connectivity index (χ3v) is 8.84. The van der Waals surface area contributed by atoms with E-state index >= 15 is 0 Å². The summed E-state index contributed by atoms with van der Waals surface area (Å²) in [6.45, 7) is 1.86.